The third kappa shape index (κ3) is 7.34. The van der Waals surface area contributed by atoms with Gasteiger partial charge in [0.2, 0.25) is 11.8 Å². The first kappa shape index (κ1) is 17.9. The third-order valence-electron chi connectivity index (χ3n) is 2.24. The van der Waals surface area contributed by atoms with Crippen LogP contribution in [0.3, 0.4) is 0 Å². The van der Waals surface area contributed by atoms with E-state index in [2.05, 4.69) is 0 Å². The van der Waals surface area contributed by atoms with Gasteiger partial charge in [0.25, 0.3) is 0 Å². The van der Waals surface area contributed by atoms with E-state index >= 15 is 0 Å². The van der Waals surface area contributed by atoms with Crippen LogP contribution in [0.4, 0.5) is 0 Å². The molecule has 114 valence electrons. The normalized spacial score (nSPS) is 9.60. The van der Waals surface area contributed by atoms with Gasteiger partial charge in [0.1, 0.15) is 13.2 Å². The first-order valence-electron chi connectivity index (χ1n) is 6.08. The summed E-state index contributed by atoms with van der Waals surface area (Å²) in [5.41, 5.74) is 0. The quantitative estimate of drug-likeness (QED) is 0.493. The van der Waals surface area contributed by atoms with Crippen molar-refractivity contribution in [2.75, 3.05) is 26.3 Å². The molecule has 0 aliphatic carbocycles. The van der Waals surface area contributed by atoms with Crippen molar-refractivity contribution >= 4 is 23.8 Å². The number of esters is 2. The number of rotatable bonds is 6. The molecular formula is C12H20N2O6. The fourth-order valence-corrected chi connectivity index (χ4v) is 1.45. The lowest BCUT2D eigenvalue weighted by atomic mass is 10.5. The largest absolute Gasteiger partial charge is 0.464 e. The maximum Gasteiger partial charge on any atom is 0.302 e. The molecule has 8 heteroatoms. The van der Waals surface area contributed by atoms with Gasteiger partial charge in [-0.05, 0) is 0 Å². The number of hydrogen-bond acceptors (Lipinski definition) is 6. The first-order chi connectivity index (χ1) is 9.25. The van der Waals surface area contributed by atoms with Crippen LogP contribution in [0.25, 0.3) is 0 Å². The number of carbonyl (C=O) groups is 4. The zero-order valence-electron chi connectivity index (χ0n) is 12.2. The van der Waals surface area contributed by atoms with E-state index in [1.54, 1.807) is 0 Å². The molecule has 0 aromatic carbocycles. The summed E-state index contributed by atoms with van der Waals surface area (Å²) in [6.45, 7) is 5.13. The van der Waals surface area contributed by atoms with Gasteiger partial charge in [-0.25, -0.2) is 10.0 Å². The molecule has 0 saturated heterocycles. The van der Waals surface area contributed by atoms with E-state index in [4.69, 9.17) is 9.47 Å². The highest BCUT2D eigenvalue weighted by Crippen LogP contribution is 2.01. The highest BCUT2D eigenvalue weighted by Gasteiger charge is 2.21. The highest BCUT2D eigenvalue weighted by atomic mass is 16.5. The zero-order valence-corrected chi connectivity index (χ0v) is 12.2. The second-order valence-electron chi connectivity index (χ2n) is 3.96. The summed E-state index contributed by atoms with van der Waals surface area (Å²) in [5.74, 6) is -1.70. The van der Waals surface area contributed by atoms with E-state index in [9.17, 15) is 19.2 Å². The van der Waals surface area contributed by atoms with Crippen LogP contribution in [0.5, 0.6) is 0 Å². The summed E-state index contributed by atoms with van der Waals surface area (Å²) in [7, 11) is 0. The van der Waals surface area contributed by atoms with Crippen LogP contribution in [0.2, 0.25) is 0 Å². The Kier molecular flexibility index (Phi) is 7.95. The molecule has 0 radical (unpaired) electrons. The molecular weight excluding hydrogens is 268 g/mol. The molecule has 0 spiro atoms. The fraction of sp³-hybridized carbons (Fsp3) is 0.667. The zero-order chi connectivity index (χ0) is 15.7. The van der Waals surface area contributed by atoms with E-state index in [1.165, 1.54) is 27.7 Å². The van der Waals surface area contributed by atoms with Gasteiger partial charge in [0, 0.05) is 27.7 Å². The van der Waals surface area contributed by atoms with E-state index in [0.717, 1.165) is 10.0 Å². The van der Waals surface area contributed by atoms with Crippen LogP contribution < -0.4 is 0 Å². The van der Waals surface area contributed by atoms with Crippen molar-refractivity contribution in [1.82, 2.24) is 10.0 Å². The molecule has 0 bridgehead atoms. The number of nitrogens with zero attached hydrogens (tertiary/aromatic N) is 2. The van der Waals surface area contributed by atoms with Gasteiger partial charge in [-0.2, -0.15) is 0 Å². The van der Waals surface area contributed by atoms with E-state index in [1.807, 2.05) is 0 Å². The van der Waals surface area contributed by atoms with Crippen LogP contribution in [-0.2, 0) is 28.7 Å². The number of ether oxygens (including phenoxy) is 2. The SMILES string of the molecule is CC(=O)OCCN(C(C)=O)N(CCOC(C)=O)C(C)=O. The van der Waals surface area contributed by atoms with Gasteiger partial charge in [0.15, 0.2) is 0 Å². The second-order valence-corrected chi connectivity index (χ2v) is 3.96. The number of carbonyl (C=O) groups excluding carboxylic acids is 4. The average molecular weight is 288 g/mol. The molecule has 0 aliphatic rings. The molecule has 0 aromatic rings. The highest BCUT2D eigenvalue weighted by molar-refractivity contribution is 5.79. The maximum atomic E-state index is 11.5. The molecule has 2 amide bonds. The van der Waals surface area contributed by atoms with Crippen LogP contribution in [0.15, 0.2) is 0 Å². The molecule has 0 rings (SSSR count). The van der Waals surface area contributed by atoms with Crippen LogP contribution in [-0.4, -0.2) is 60.1 Å². The van der Waals surface area contributed by atoms with Crippen molar-refractivity contribution in [2.24, 2.45) is 0 Å². The van der Waals surface area contributed by atoms with Crippen molar-refractivity contribution < 1.29 is 28.7 Å². The minimum atomic E-state index is -0.470. The Bertz CT molecular complexity index is 346. The molecule has 0 aliphatic heterocycles. The Hall–Kier alpha value is -2.12. The maximum absolute atomic E-state index is 11.5. The fourth-order valence-electron chi connectivity index (χ4n) is 1.45. The summed E-state index contributed by atoms with van der Waals surface area (Å²) in [6, 6.07) is 0. The Morgan fingerprint density at radius 2 is 1.00 bits per heavy atom. The number of hydrogen-bond donors (Lipinski definition) is 0. The topological polar surface area (TPSA) is 93.2 Å². The monoisotopic (exact) mass is 288 g/mol. The van der Waals surface area contributed by atoms with Crippen molar-refractivity contribution in [3.63, 3.8) is 0 Å². The summed E-state index contributed by atoms with van der Waals surface area (Å²) in [4.78, 5) is 44.5. The third-order valence-corrected chi connectivity index (χ3v) is 2.24. The predicted octanol–water partition coefficient (Wildman–Crippen LogP) is -0.275. The van der Waals surface area contributed by atoms with Gasteiger partial charge in [-0.15, -0.1) is 0 Å². The molecule has 0 heterocycles. The van der Waals surface area contributed by atoms with Gasteiger partial charge in [-0.3, -0.25) is 19.2 Å². The number of hydrazine groups is 1. The van der Waals surface area contributed by atoms with Crippen molar-refractivity contribution in [1.29, 1.82) is 0 Å². The van der Waals surface area contributed by atoms with Crippen molar-refractivity contribution in [3.8, 4) is 0 Å². The lowest BCUT2D eigenvalue weighted by Gasteiger charge is -2.33. The van der Waals surface area contributed by atoms with Gasteiger partial charge >= 0.3 is 11.9 Å². The van der Waals surface area contributed by atoms with Gasteiger partial charge in [0.05, 0.1) is 13.1 Å². The standard InChI is InChI=1S/C12H20N2O6/c1-9(15)13(5-7-19-11(3)17)14(10(2)16)6-8-20-12(4)18/h5-8H2,1-4H3. The molecule has 0 aromatic heterocycles. The van der Waals surface area contributed by atoms with Crippen LogP contribution in [0, 0.1) is 0 Å². The van der Waals surface area contributed by atoms with Crippen LogP contribution in [0.1, 0.15) is 27.7 Å². The van der Waals surface area contributed by atoms with E-state index in [-0.39, 0.29) is 38.1 Å². The average Bonchev–Trinajstić information content (AvgIpc) is 2.29. The molecule has 0 unspecified atom stereocenters. The first-order valence-corrected chi connectivity index (χ1v) is 6.08. The molecule has 0 N–H and O–H groups in total. The van der Waals surface area contributed by atoms with Gasteiger partial charge < -0.3 is 9.47 Å². The Morgan fingerprint density at radius 3 is 1.20 bits per heavy atom. The van der Waals surface area contributed by atoms with E-state index in [0.29, 0.717) is 0 Å². The predicted molar refractivity (Wildman–Crippen MR) is 68.0 cm³/mol. The Morgan fingerprint density at radius 1 is 0.700 bits per heavy atom. The molecule has 0 atom stereocenters. The summed E-state index contributed by atoms with van der Waals surface area (Å²) >= 11 is 0. The summed E-state index contributed by atoms with van der Waals surface area (Å²) < 4.78 is 9.48. The molecule has 0 saturated carbocycles. The smallest absolute Gasteiger partial charge is 0.302 e. The minimum absolute atomic E-state index is 0.0216. The van der Waals surface area contributed by atoms with Crippen LogP contribution >= 0.6 is 0 Å². The molecule has 20 heavy (non-hydrogen) atoms. The van der Waals surface area contributed by atoms with Gasteiger partial charge in [-0.1, -0.05) is 0 Å². The lowest BCUT2D eigenvalue weighted by Crippen LogP contribution is -2.50. The molecule has 8 nitrogen and oxygen atoms in total. The van der Waals surface area contributed by atoms with E-state index < -0.39 is 11.9 Å². The summed E-state index contributed by atoms with van der Waals surface area (Å²) in [6.07, 6.45) is 0. The Balaban J connectivity index is 4.60. The van der Waals surface area contributed by atoms with Crippen molar-refractivity contribution in [3.05, 3.63) is 0 Å². The second kappa shape index (κ2) is 8.89. The van der Waals surface area contributed by atoms with Crippen molar-refractivity contribution in [2.45, 2.75) is 27.7 Å². The minimum Gasteiger partial charge on any atom is -0.464 e. The number of amides is 2. The summed E-state index contributed by atoms with van der Waals surface area (Å²) in [5, 5.41) is 2.30. The Labute approximate surface area is 117 Å². The molecule has 0 fully saturated rings. The lowest BCUT2D eigenvalue weighted by molar-refractivity contribution is -0.166.